The fourth-order valence-corrected chi connectivity index (χ4v) is 2.92. The Morgan fingerprint density at radius 3 is 2.68 bits per heavy atom. The highest BCUT2D eigenvalue weighted by atomic mass is 19.1. The van der Waals surface area contributed by atoms with Crippen molar-refractivity contribution < 1.29 is 14.0 Å². The number of fused-ring (bicyclic) bond motifs is 1. The van der Waals surface area contributed by atoms with Crippen molar-refractivity contribution in [2.75, 3.05) is 17.2 Å². The maximum Gasteiger partial charge on any atom is 0.323 e. The molecule has 25 heavy (non-hydrogen) atoms. The lowest BCUT2D eigenvalue weighted by molar-refractivity contribution is -0.131. The molecule has 0 radical (unpaired) electrons. The molecule has 0 saturated carbocycles. The van der Waals surface area contributed by atoms with Crippen LogP contribution in [0.3, 0.4) is 0 Å². The van der Waals surface area contributed by atoms with Crippen molar-refractivity contribution in [3.8, 4) is 0 Å². The van der Waals surface area contributed by atoms with E-state index in [4.69, 9.17) is 0 Å². The van der Waals surface area contributed by atoms with Crippen molar-refractivity contribution in [3.05, 3.63) is 59.4 Å². The third-order valence-electron chi connectivity index (χ3n) is 4.25. The Hall–Kier alpha value is -2.89. The molecule has 1 aliphatic rings. The zero-order chi connectivity index (χ0) is 17.8. The van der Waals surface area contributed by atoms with Gasteiger partial charge in [-0.3, -0.25) is 4.79 Å². The van der Waals surface area contributed by atoms with Gasteiger partial charge in [-0.1, -0.05) is 25.1 Å². The molecule has 3 rings (SSSR count). The number of amides is 3. The van der Waals surface area contributed by atoms with Gasteiger partial charge in [-0.2, -0.15) is 0 Å². The molecule has 0 aliphatic carbocycles. The van der Waals surface area contributed by atoms with Crippen LogP contribution in [-0.2, 0) is 17.8 Å². The molecule has 2 aromatic carbocycles. The maximum atomic E-state index is 13.6. The second kappa shape index (κ2) is 7.34. The standard InChI is InChI=1S/C19H20FN3O2/c1-2-18(24)23-10-9-13-7-8-15(11-14(13)12-23)21-19(25)22-17-6-4-3-5-16(17)20/h3-8,11H,2,9-10,12H2,1H3,(H2,21,22,25). The maximum absolute atomic E-state index is 13.6. The summed E-state index contributed by atoms with van der Waals surface area (Å²) in [6, 6.07) is 11.1. The number of nitrogens with zero attached hydrogens (tertiary/aromatic N) is 1. The first-order valence-corrected chi connectivity index (χ1v) is 8.29. The number of carbonyl (C=O) groups excluding carboxylic acids is 2. The number of benzene rings is 2. The van der Waals surface area contributed by atoms with Crippen LogP contribution in [0, 0.1) is 5.82 Å². The zero-order valence-corrected chi connectivity index (χ0v) is 14.0. The lowest BCUT2D eigenvalue weighted by Crippen LogP contribution is -2.35. The number of hydrogen-bond donors (Lipinski definition) is 2. The minimum Gasteiger partial charge on any atom is -0.338 e. The van der Waals surface area contributed by atoms with E-state index in [-0.39, 0.29) is 11.6 Å². The summed E-state index contributed by atoms with van der Waals surface area (Å²) in [6.45, 7) is 3.12. The Bertz CT molecular complexity index is 807. The number of halogens is 1. The summed E-state index contributed by atoms with van der Waals surface area (Å²) >= 11 is 0. The van der Waals surface area contributed by atoms with Gasteiger partial charge in [0, 0.05) is 25.2 Å². The van der Waals surface area contributed by atoms with Crippen molar-refractivity contribution in [3.63, 3.8) is 0 Å². The SMILES string of the molecule is CCC(=O)N1CCc2ccc(NC(=O)Nc3ccccc3F)cc2C1. The Morgan fingerprint density at radius 1 is 1.12 bits per heavy atom. The summed E-state index contributed by atoms with van der Waals surface area (Å²) < 4.78 is 13.6. The van der Waals surface area contributed by atoms with Gasteiger partial charge in [-0.15, -0.1) is 0 Å². The summed E-state index contributed by atoms with van der Waals surface area (Å²) in [4.78, 5) is 25.8. The Balaban J connectivity index is 1.69. The highest BCUT2D eigenvalue weighted by Crippen LogP contribution is 2.23. The van der Waals surface area contributed by atoms with E-state index >= 15 is 0 Å². The van der Waals surface area contributed by atoms with E-state index in [1.165, 1.54) is 17.7 Å². The van der Waals surface area contributed by atoms with Crippen LogP contribution in [0.2, 0.25) is 0 Å². The molecule has 0 fully saturated rings. The van der Waals surface area contributed by atoms with Gasteiger partial charge < -0.3 is 15.5 Å². The number of rotatable bonds is 3. The first-order chi connectivity index (χ1) is 12.1. The van der Waals surface area contributed by atoms with Crippen LogP contribution in [-0.4, -0.2) is 23.4 Å². The van der Waals surface area contributed by atoms with Gasteiger partial charge in [0.15, 0.2) is 0 Å². The molecule has 130 valence electrons. The van der Waals surface area contributed by atoms with Gasteiger partial charge in [-0.05, 0) is 41.8 Å². The molecule has 2 N–H and O–H groups in total. The molecule has 0 atom stereocenters. The topological polar surface area (TPSA) is 61.4 Å². The summed E-state index contributed by atoms with van der Waals surface area (Å²) in [5.41, 5.74) is 2.94. The third kappa shape index (κ3) is 3.96. The summed E-state index contributed by atoms with van der Waals surface area (Å²) in [5, 5.41) is 5.19. The van der Waals surface area contributed by atoms with E-state index in [1.807, 2.05) is 30.0 Å². The van der Waals surface area contributed by atoms with Crippen molar-refractivity contribution in [1.29, 1.82) is 0 Å². The molecule has 3 amide bonds. The smallest absolute Gasteiger partial charge is 0.323 e. The highest BCUT2D eigenvalue weighted by Gasteiger charge is 2.20. The monoisotopic (exact) mass is 341 g/mol. The van der Waals surface area contributed by atoms with E-state index in [0.29, 0.717) is 18.7 Å². The number of hydrogen-bond acceptors (Lipinski definition) is 2. The van der Waals surface area contributed by atoms with Gasteiger partial charge in [0.1, 0.15) is 5.82 Å². The van der Waals surface area contributed by atoms with Crippen molar-refractivity contribution in [2.24, 2.45) is 0 Å². The van der Waals surface area contributed by atoms with E-state index in [2.05, 4.69) is 10.6 Å². The molecule has 5 nitrogen and oxygen atoms in total. The van der Waals surface area contributed by atoms with Gasteiger partial charge >= 0.3 is 6.03 Å². The van der Waals surface area contributed by atoms with Crippen molar-refractivity contribution >= 4 is 23.3 Å². The molecule has 1 heterocycles. The third-order valence-corrected chi connectivity index (χ3v) is 4.25. The zero-order valence-electron chi connectivity index (χ0n) is 14.0. The number of urea groups is 1. The molecule has 6 heteroatoms. The Kier molecular flexibility index (Phi) is 4.97. The molecule has 0 aromatic heterocycles. The van der Waals surface area contributed by atoms with Gasteiger partial charge in [0.2, 0.25) is 5.91 Å². The molecule has 0 bridgehead atoms. The average molecular weight is 341 g/mol. The fraction of sp³-hybridized carbons (Fsp3) is 0.263. The van der Waals surface area contributed by atoms with Crippen LogP contribution in [0.25, 0.3) is 0 Å². The fourth-order valence-electron chi connectivity index (χ4n) is 2.92. The van der Waals surface area contributed by atoms with E-state index < -0.39 is 11.8 Å². The Morgan fingerprint density at radius 2 is 1.92 bits per heavy atom. The van der Waals surface area contributed by atoms with Crippen LogP contribution in [0.1, 0.15) is 24.5 Å². The molecular weight excluding hydrogens is 321 g/mol. The van der Waals surface area contributed by atoms with Crippen LogP contribution in [0.4, 0.5) is 20.6 Å². The molecule has 0 saturated heterocycles. The van der Waals surface area contributed by atoms with Gasteiger partial charge in [0.05, 0.1) is 5.69 Å². The minimum atomic E-state index is -0.512. The summed E-state index contributed by atoms with van der Waals surface area (Å²) in [7, 11) is 0. The molecular formula is C19H20FN3O2. The highest BCUT2D eigenvalue weighted by molar-refractivity contribution is 5.99. The van der Waals surface area contributed by atoms with E-state index in [9.17, 15) is 14.0 Å². The lowest BCUT2D eigenvalue weighted by Gasteiger charge is -2.29. The summed E-state index contributed by atoms with van der Waals surface area (Å²) in [5.74, 6) is -0.363. The van der Waals surface area contributed by atoms with Crippen molar-refractivity contribution in [1.82, 2.24) is 4.90 Å². The van der Waals surface area contributed by atoms with Crippen molar-refractivity contribution in [2.45, 2.75) is 26.3 Å². The predicted octanol–water partition coefficient (Wildman–Crippen LogP) is 3.76. The van der Waals surface area contributed by atoms with Gasteiger partial charge in [-0.25, -0.2) is 9.18 Å². The first-order valence-electron chi connectivity index (χ1n) is 8.29. The largest absolute Gasteiger partial charge is 0.338 e. The van der Waals surface area contributed by atoms with E-state index in [0.717, 1.165) is 18.5 Å². The number of anilines is 2. The molecule has 2 aromatic rings. The van der Waals surface area contributed by atoms with Crippen LogP contribution in [0.5, 0.6) is 0 Å². The quantitative estimate of drug-likeness (QED) is 0.893. The first kappa shape index (κ1) is 17.0. The lowest BCUT2D eigenvalue weighted by atomic mass is 9.99. The summed E-state index contributed by atoms with van der Waals surface area (Å²) in [6.07, 6.45) is 1.29. The normalized spacial score (nSPS) is 13.1. The van der Waals surface area contributed by atoms with Crippen LogP contribution < -0.4 is 10.6 Å². The second-order valence-electron chi connectivity index (χ2n) is 5.96. The number of carbonyl (C=O) groups is 2. The minimum absolute atomic E-state index is 0.123. The molecule has 1 aliphatic heterocycles. The molecule has 0 unspecified atom stereocenters. The van der Waals surface area contributed by atoms with Crippen LogP contribution >= 0.6 is 0 Å². The van der Waals surface area contributed by atoms with Gasteiger partial charge in [0.25, 0.3) is 0 Å². The van der Waals surface area contributed by atoms with E-state index in [1.54, 1.807) is 12.1 Å². The second-order valence-corrected chi connectivity index (χ2v) is 5.96. The number of para-hydroxylation sites is 1. The average Bonchev–Trinajstić information content (AvgIpc) is 2.62. The molecule has 0 spiro atoms. The Labute approximate surface area is 145 Å². The predicted molar refractivity (Wildman–Crippen MR) is 94.9 cm³/mol. The number of nitrogens with one attached hydrogen (secondary N) is 2. The van der Waals surface area contributed by atoms with Crippen LogP contribution in [0.15, 0.2) is 42.5 Å².